The summed E-state index contributed by atoms with van der Waals surface area (Å²) in [4.78, 5) is 24.5. The Balaban J connectivity index is 3.42. The molecule has 0 radical (unpaired) electrons. The maximum atomic E-state index is 12.5. The number of ether oxygens (including phenoxy) is 1. The van der Waals surface area contributed by atoms with Gasteiger partial charge in [0, 0.05) is 12.8 Å². The van der Waals surface area contributed by atoms with Crippen LogP contribution in [0.15, 0.2) is 12.2 Å². The molecule has 410 valence electrons. The van der Waals surface area contributed by atoms with Crippen LogP contribution in [0.3, 0.4) is 0 Å². The van der Waals surface area contributed by atoms with Crippen LogP contribution < -0.4 is 5.32 Å². The van der Waals surface area contributed by atoms with Crippen LogP contribution in [-0.4, -0.2) is 47.4 Å². The molecule has 0 aliphatic carbocycles. The number of allylic oxidation sites excluding steroid dienone is 2. The van der Waals surface area contributed by atoms with E-state index in [1.165, 1.54) is 270 Å². The third-order valence-corrected chi connectivity index (χ3v) is 14.8. The highest BCUT2D eigenvalue weighted by Gasteiger charge is 2.20. The predicted octanol–water partition coefficient (Wildman–Crippen LogP) is 19.6. The van der Waals surface area contributed by atoms with Gasteiger partial charge in [0.2, 0.25) is 5.91 Å². The van der Waals surface area contributed by atoms with E-state index in [1.807, 2.05) is 0 Å². The summed E-state index contributed by atoms with van der Waals surface area (Å²) in [5.41, 5.74) is 0. The largest absolute Gasteiger partial charge is 0.466 e. The van der Waals surface area contributed by atoms with Gasteiger partial charge in [-0.15, -0.1) is 0 Å². The Morgan fingerprint density at radius 1 is 0.391 bits per heavy atom. The number of esters is 1. The third kappa shape index (κ3) is 55.8. The second kappa shape index (κ2) is 59.2. The molecule has 3 N–H and O–H groups in total. The lowest BCUT2D eigenvalue weighted by Crippen LogP contribution is -2.45. The van der Waals surface area contributed by atoms with Gasteiger partial charge < -0.3 is 20.3 Å². The normalized spacial score (nSPS) is 12.6. The number of aliphatic hydroxyl groups excluding tert-OH is 2. The fourth-order valence-corrected chi connectivity index (χ4v) is 9.99. The molecule has 69 heavy (non-hydrogen) atoms. The van der Waals surface area contributed by atoms with Crippen LogP contribution in [0.5, 0.6) is 0 Å². The van der Waals surface area contributed by atoms with E-state index in [0.717, 1.165) is 51.4 Å². The standard InChI is InChI=1S/C63H123NO5/c1-3-5-7-9-11-13-15-17-18-19-20-21-22-23-24-25-26-27-29-32-35-39-43-47-51-55-61(66)60(59-65)64-62(67)56-52-48-44-40-36-33-30-28-31-34-38-42-46-50-54-58-69-63(68)57-53-49-45-41-37-16-14-12-10-8-6-4-2/h12,14,60-61,65-66H,3-11,13,15-59H2,1-2H3,(H,64,67)/b14-12-. The molecule has 0 fully saturated rings. The zero-order valence-corrected chi connectivity index (χ0v) is 46.8. The van der Waals surface area contributed by atoms with E-state index < -0.39 is 12.1 Å². The summed E-state index contributed by atoms with van der Waals surface area (Å²) in [6.45, 7) is 4.94. The SMILES string of the molecule is CCCCC/C=C\CCCCCCCC(=O)OCCCCCCCCCCCCCCCCCC(=O)NC(CO)C(O)CCCCCCCCCCCCCCCCCCCCCCCCCCC. The van der Waals surface area contributed by atoms with Crippen molar-refractivity contribution in [2.45, 2.75) is 366 Å². The van der Waals surface area contributed by atoms with Crippen LogP contribution in [0.1, 0.15) is 354 Å². The summed E-state index contributed by atoms with van der Waals surface area (Å²) >= 11 is 0. The van der Waals surface area contributed by atoms with Crippen molar-refractivity contribution in [3.05, 3.63) is 12.2 Å². The molecule has 0 aromatic rings. The van der Waals surface area contributed by atoms with Crippen LogP contribution >= 0.6 is 0 Å². The van der Waals surface area contributed by atoms with E-state index >= 15 is 0 Å². The van der Waals surface area contributed by atoms with E-state index in [-0.39, 0.29) is 18.5 Å². The van der Waals surface area contributed by atoms with E-state index in [0.29, 0.717) is 25.9 Å². The molecule has 0 aromatic carbocycles. The number of hydrogen-bond donors (Lipinski definition) is 3. The highest BCUT2D eigenvalue weighted by atomic mass is 16.5. The van der Waals surface area contributed by atoms with Crippen molar-refractivity contribution in [2.75, 3.05) is 13.2 Å². The summed E-state index contributed by atoms with van der Waals surface area (Å²) in [5.74, 6) is -0.0475. The molecular weight excluding hydrogens is 851 g/mol. The molecule has 0 rings (SSSR count). The second-order valence-corrected chi connectivity index (χ2v) is 21.7. The fraction of sp³-hybridized carbons (Fsp3) is 0.937. The van der Waals surface area contributed by atoms with Gasteiger partial charge in [-0.05, 0) is 51.4 Å². The zero-order valence-electron chi connectivity index (χ0n) is 46.8. The third-order valence-electron chi connectivity index (χ3n) is 14.8. The number of carbonyl (C=O) groups is 2. The van der Waals surface area contributed by atoms with Gasteiger partial charge in [0.1, 0.15) is 0 Å². The van der Waals surface area contributed by atoms with Crippen LogP contribution in [0.25, 0.3) is 0 Å². The molecule has 0 heterocycles. The van der Waals surface area contributed by atoms with Crippen molar-refractivity contribution >= 4 is 11.9 Å². The predicted molar refractivity (Wildman–Crippen MR) is 301 cm³/mol. The number of unbranched alkanes of at least 4 members (excludes halogenated alkanes) is 46. The minimum atomic E-state index is -0.671. The average Bonchev–Trinajstić information content (AvgIpc) is 3.35. The highest BCUT2D eigenvalue weighted by molar-refractivity contribution is 5.76. The summed E-state index contributed by atoms with van der Waals surface area (Å²) in [5, 5.41) is 23.4. The van der Waals surface area contributed by atoms with Crippen molar-refractivity contribution in [1.29, 1.82) is 0 Å². The van der Waals surface area contributed by atoms with Crippen LogP contribution in [0, 0.1) is 0 Å². The summed E-state index contributed by atoms with van der Waals surface area (Å²) < 4.78 is 5.46. The number of amides is 1. The molecule has 0 aliphatic rings. The smallest absolute Gasteiger partial charge is 0.305 e. The van der Waals surface area contributed by atoms with Gasteiger partial charge in [0.15, 0.2) is 0 Å². The first-order valence-electron chi connectivity index (χ1n) is 31.4. The topological polar surface area (TPSA) is 95.9 Å². The minimum Gasteiger partial charge on any atom is -0.466 e. The lowest BCUT2D eigenvalue weighted by Gasteiger charge is -2.22. The quantitative estimate of drug-likeness (QED) is 0.0321. The maximum absolute atomic E-state index is 12.5. The Bertz CT molecular complexity index is 1030. The van der Waals surface area contributed by atoms with Gasteiger partial charge in [-0.1, -0.05) is 302 Å². The monoisotopic (exact) mass is 974 g/mol. The first kappa shape index (κ1) is 67.6. The van der Waals surface area contributed by atoms with Crippen molar-refractivity contribution in [1.82, 2.24) is 5.32 Å². The van der Waals surface area contributed by atoms with Gasteiger partial charge in [-0.2, -0.15) is 0 Å². The van der Waals surface area contributed by atoms with Gasteiger partial charge in [0.05, 0.1) is 25.4 Å². The van der Waals surface area contributed by atoms with E-state index in [2.05, 4.69) is 31.3 Å². The molecule has 6 heteroatoms. The molecular formula is C63H123NO5. The maximum Gasteiger partial charge on any atom is 0.305 e. The summed E-state index contributed by atoms with van der Waals surface area (Å²) in [7, 11) is 0. The van der Waals surface area contributed by atoms with E-state index in [4.69, 9.17) is 4.74 Å². The molecule has 0 saturated carbocycles. The van der Waals surface area contributed by atoms with Crippen molar-refractivity contribution in [2.24, 2.45) is 0 Å². The highest BCUT2D eigenvalue weighted by Crippen LogP contribution is 2.18. The fourth-order valence-electron chi connectivity index (χ4n) is 9.99. The van der Waals surface area contributed by atoms with Crippen LogP contribution in [0.4, 0.5) is 0 Å². The van der Waals surface area contributed by atoms with Gasteiger partial charge in [0.25, 0.3) is 0 Å². The number of nitrogens with one attached hydrogen (secondary N) is 1. The molecule has 1 amide bonds. The van der Waals surface area contributed by atoms with Gasteiger partial charge in [-0.25, -0.2) is 0 Å². The summed E-state index contributed by atoms with van der Waals surface area (Å²) in [6.07, 6.45) is 70.8. The molecule has 0 aliphatic heterocycles. The first-order valence-corrected chi connectivity index (χ1v) is 31.4. The Morgan fingerprint density at radius 3 is 1.06 bits per heavy atom. The molecule has 6 nitrogen and oxygen atoms in total. The van der Waals surface area contributed by atoms with E-state index in [1.54, 1.807) is 0 Å². The van der Waals surface area contributed by atoms with E-state index in [9.17, 15) is 19.8 Å². The molecule has 0 bridgehead atoms. The van der Waals surface area contributed by atoms with Gasteiger partial charge in [-0.3, -0.25) is 9.59 Å². The Kier molecular flexibility index (Phi) is 58.0. The minimum absolute atomic E-state index is 0.00818. The lowest BCUT2D eigenvalue weighted by molar-refractivity contribution is -0.143. The Hall–Kier alpha value is -1.40. The molecule has 2 unspecified atom stereocenters. The summed E-state index contributed by atoms with van der Waals surface area (Å²) in [6, 6.07) is -0.549. The molecule has 0 spiro atoms. The van der Waals surface area contributed by atoms with Crippen molar-refractivity contribution in [3.63, 3.8) is 0 Å². The second-order valence-electron chi connectivity index (χ2n) is 21.7. The molecule has 2 atom stereocenters. The van der Waals surface area contributed by atoms with Crippen LogP contribution in [0.2, 0.25) is 0 Å². The van der Waals surface area contributed by atoms with Crippen molar-refractivity contribution < 1.29 is 24.5 Å². The Morgan fingerprint density at radius 2 is 0.681 bits per heavy atom. The number of rotatable bonds is 59. The molecule has 0 saturated heterocycles. The first-order chi connectivity index (χ1) is 34.0. The van der Waals surface area contributed by atoms with Crippen LogP contribution in [-0.2, 0) is 14.3 Å². The zero-order chi connectivity index (χ0) is 50.0. The lowest BCUT2D eigenvalue weighted by atomic mass is 10.0. The van der Waals surface area contributed by atoms with Gasteiger partial charge >= 0.3 is 5.97 Å². The Labute approximate surface area is 431 Å². The number of carbonyl (C=O) groups excluding carboxylic acids is 2. The number of hydrogen-bond acceptors (Lipinski definition) is 5. The number of aliphatic hydroxyl groups is 2. The van der Waals surface area contributed by atoms with Crippen molar-refractivity contribution in [3.8, 4) is 0 Å². The average molecular weight is 975 g/mol. The molecule has 0 aromatic heterocycles.